The Morgan fingerprint density at radius 1 is 0.812 bits per heavy atom. The van der Waals surface area contributed by atoms with Gasteiger partial charge in [0.1, 0.15) is 11.5 Å². The second-order valence-corrected chi connectivity index (χ2v) is 11.1. The SMILES string of the molecule is O=C(Nc1ccc(F)c(N(S(=O)(=O)c2ccccc2)S(=O)(=O)c2ccccc2)c1)C1CC1. The van der Waals surface area contributed by atoms with Crippen LogP contribution in [0.5, 0.6) is 0 Å². The second kappa shape index (κ2) is 8.36. The largest absolute Gasteiger partial charge is 0.326 e. The van der Waals surface area contributed by atoms with E-state index in [1.807, 2.05) is 0 Å². The fourth-order valence-electron chi connectivity index (χ4n) is 3.08. The van der Waals surface area contributed by atoms with Gasteiger partial charge in [0, 0.05) is 11.6 Å². The van der Waals surface area contributed by atoms with Gasteiger partial charge in [-0.15, -0.1) is 0 Å². The van der Waals surface area contributed by atoms with Gasteiger partial charge in [0.15, 0.2) is 0 Å². The molecule has 0 unspecified atom stereocenters. The van der Waals surface area contributed by atoms with E-state index in [-0.39, 0.29) is 31.0 Å². The lowest BCUT2D eigenvalue weighted by molar-refractivity contribution is -0.117. The molecule has 4 rings (SSSR count). The Morgan fingerprint density at radius 3 is 1.78 bits per heavy atom. The number of hydrogen-bond donors (Lipinski definition) is 1. The summed E-state index contributed by atoms with van der Waals surface area (Å²) in [6, 6.07) is 17.0. The van der Waals surface area contributed by atoms with Crippen LogP contribution in [0.15, 0.2) is 88.7 Å². The van der Waals surface area contributed by atoms with E-state index in [4.69, 9.17) is 0 Å². The highest BCUT2D eigenvalue weighted by Crippen LogP contribution is 2.35. The monoisotopic (exact) mass is 474 g/mol. The Morgan fingerprint density at radius 2 is 1.31 bits per heavy atom. The first kappa shape index (κ1) is 22.0. The van der Waals surface area contributed by atoms with Gasteiger partial charge in [-0.2, -0.15) is 3.71 Å². The average molecular weight is 475 g/mol. The summed E-state index contributed by atoms with van der Waals surface area (Å²) in [6.45, 7) is 0. The number of hydrogen-bond acceptors (Lipinski definition) is 5. The molecule has 1 aliphatic rings. The van der Waals surface area contributed by atoms with Gasteiger partial charge in [0.2, 0.25) is 5.91 Å². The van der Waals surface area contributed by atoms with E-state index in [1.165, 1.54) is 54.6 Å². The summed E-state index contributed by atoms with van der Waals surface area (Å²) in [5, 5.41) is 2.59. The minimum Gasteiger partial charge on any atom is -0.326 e. The Labute approximate surface area is 185 Å². The van der Waals surface area contributed by atoms with Gasteiger partial charge < -0.3 is 5.32 Å². The predicted molar refractivity (Wildman–Crippen MR) is 117 cm³/mol. The maximum Gasteiger partial charge on any atom is 0.277 e. The molecule has 3 aromatic rings. The highest BCUT2D eigenvalue weighted by atomic mass is 32.3. The van der Waals surface area contributed by atoms with E-state index in [9.17, 15) is 26.0 Å². The van der Waals surface area contributed by atoms with Crippen LogP contribution in [0.3, 0.4) is 0 Å². The first-order valence-electron chi connectivity index (χ1n) is 9.72. The third kappa shape index (κ3) is 4.23. The number of rotatable bonds is 7. The molecule has 1 aliphatic carbocycles. The number of halogens is 1. The van der Waals surface area contributed by atoms with Gasteiger partial charge in [-0.05, 0) is 55.3 Å². The molecular weight excluding hydrogens is 455 g/mol. The van der Waals surface area contributed by atoms with Crippen LogP contribution in [0.25, 0.3) is 0 Å². The van der Waals surface area contributed by atoms with Gasteiger partial charge in [0.25, 0.3) is 20.0 Å². The highest BCUT2D eigenvalue weighted by molar-refractivity contribution is 8.10. The first-order valence-corrected chi connectivity index (χ1v) is 12.6. The fraction of sp³-hybridized carbons (Fsp3) is 0.136. The molecule has 1 saturated carbocycles. The molecule has 0 saturated heterocycles. The molecule has 1 fully saturated rings. The minimum absolute atomic E-state index is 0.0762. The van der Waals surface area contributed by atoms with E-state index in [1.54, 1.807) is 12.1 Å². The zero-order valence-corrected chi connectivity index (χ0v) is 18.3. The molecule has 0 atom stereocenters. The molecule has 0 heterocycles. The molecule has 1 amide bonds. The van der Waals surface area contributed by atoms with Gasteiger partial charge in [0.05, 0.1) is 9.79 Å². The van der Waals surface area contributed by atoms with Crippen molar-refractivity contribution in [2.24, 2.45) is 5.92 Å². The van der Waals surface area contributed by atoms with Crippen molar-refractivity contribution in [3.8, 4) is 0 Å². The second-order valence-electron chi connectivity index (χ2n) is 7.26. The quantitative estimate of drug-likeness (QED) is 0.562. The third-order valence-electron chi connectivity index (χ3n) is 4.88. The number of carbonyl (C=O) groups is 1. The number of nitrogens with one attached hydrogen (secondary N) is 1. The van der Waals surface area contributed by atoms with Crippen molar-refractivity contribution < 1.29 is 26.0 Å². The van der Waals surface area contributed by atoms with Crippen molar-refractivity contribution in [2.75, 3.05) is 9.03 Å². The maximum absolute atomic E-state index is 14.9. The topological polar surface area (TPSA) is 101 Å². The molecule has 0 bridgehead atoms. The van der Waals surface area contributed by atoms with Crippen LogP contribution >= 0.6 is 0 Å². The number of amides is 1. The molecule has 0 radical (unpaired) electrons. The van der Waals surface area contributed by atoms with E-state index < -0.39 is 31.6 Å². The molecular formula is C22H19FN2O5S2. The molecule has 166 valence electrons. The maximum atomic E-state index is 14.9. The number of sulfonamides is 2. The number of carbonyl (C=O) groups excluding carboxylic acids is 1. The van der Waals surface area contributed by atoms with Gasteiger partial charge in [-0.25, -0.2) is 21.2 Å². The third-order valence-corrected chi connectivity index (χ3v) is 9.06. The zero-order valence-electron chi connectivity index (χ0n) is 16.7. The molecule has 32 heavy (non-hydrogen) atoms. The van der Waals surface area contributed by atoms with Crippen molar-refractivity contribution in [1.82, 2.24) is 0 Å². The standard InChI is InChI=1S/C22H19FN2O5S2/c23-20-14-13-17(24-22(26)16-11-12-16)15-21(20)25(31(27,28)18-7-3-1-4-8-18)32(29,30)19-9-5-2-6-10-19/h1-10,13-16H,11-12H2,(H,24,26). The molecule has 0 spiro atoms. The Bertz CT molecular complexity index is 1290. The summed E-state index contributed by atoms with van der Waals surface area (Å²) in [5.74, 6) is -1.51. The Hall–Kier alpha value is -3.24. The molecule has 1 N–H and O–H groups in total. The summed E-state index contributed by atoms with van der Waals surface area (Å²) in [7, 11) is -9.48. The smallest absolute Gasteiger partial charge is 0.277 e. The average Bonchev–Trinajstić information content (AvgIpc) is 3.63. The van der Waals surface area contributed by atoms with Crippen molar-refractivity contribution in [1.29, 1.82) is 0 Å². The summed E-state index contributed by atoms with van der Waals surface area (Å²) in [4.78, 5) is 11.5. The predicted octanol–water partition coefficient (Wildman–Crippen LogP) is 3.76. The van der Waals surface area contributed by atoms with Crippen LogP contribution in [0.4, 0.5) is 15.8 Å². The zero-order chi connectivity index (χ0) is 22.9. The summed E-state index contributed by atoms with van der Waals surface area (Å²) >= 11 is 0. The molecule has 10 heteroatoms. The Kier molecular flexibility index (Phi) is 5.74. The van der Waals surface area contributed by atoms with Crippen LogP contribution < -0.4 is 9.03 Å². The summed E-state index contributed by atoms with van der Waals surface area (Å²) in [6.07, 6.45) is 1.47. The minimum atomic E-state index is -4.74. The van der Waals surface area contributed by atoms with E-state index in [2.05, 4.69) is 5.32 Å². The van der Waals surface area contributed by atoms with Crippen molar-refractivity contribution in [3.63, 3.8) is 0 Å². The van der Waals surface area contributed by atoms with Crippen LogP contribution in [-0.4, -0.2) is 22.7 Å². The number of nitrogens with zero attached hydrogens (tertiary/aromatic N) is 1. The van der Waals surface area contributed by atoms with E-state index in [0.717, 1.165) is 25.0 Å². The van der Waals surface area contributed by atoms with Crippen LogP contribution in [0.1, 0.15) is 12.8 Å². The first-order chi connectivity index (χ1) is 15.2. The fourth-order valence-corrected chi connectivity index (χ4v) is 6.82. The summed E-state index contributed by atoms with van der Waals surface area (Å²) in [5.41, 5.74) is -0.624. The molecule has 3 aromatic carbocycles. The number of benzene rings is 3. The molecule has 0 aromatic heterocycles. The van der Waals surface area contributed by atoms with Crippen LogP contribution in [-0.2, 0) is 24.8 Å². The van der Waals surface area contributed by atoms with Gasteiger partial charge in [-0.3, -0.25) is 4.79 Å². The van der Waals surface area contributed by atoms with Gasteiger partial charge >= 0.3 is 0 Å². The van der Waals surface area contributed by atoms with Crippen LogP contribution in [0, 0.1) is 11.7 Å². The Balaban J connectivity index is 1.90. The van der Waals surface area contributed by atoms with Gasteiger partial charge in [-0.1, -0.05) is 36.4 Å². The summed E-state index contributed by atoms with van der Waals surface area (Å²) < 4.78 is 68.8. The van der Waals surface area contributed by atoms with E-state index >= 15 is 0 Å². The van der Waals surface area contributed by atoms with E-state index in [0.29, 0.717) is 0 Å². The lowest BCUT2D eigenvalue weighted by atomic mass is 10.2. The molecule has 7 nitrogen and oxygen atoms in total. The number of anilines is 2. The van der Waals surface area contributed by atoms with Crippen molar-refractivity contribution in [3.05, 3.63) is 84.7 Å². The highest BCUT2D eigenvalue weighted by Gasteiger charge is 2.39. The molecule has 0 aliphatic heterocycles. The lowest BCUT2D eigenvalue weighted by Gasteiger charge is -2.25. The van der Waals surface area contributed by atoms with Crippen molar-refractivity contribution in [2.45, 2.75) is 22.6 Å². The van der Waals surface area contributed by atoms with Crippen LogP contribution in [0.2, 0.25) is 0 Å². The normalized spacial score (nSPS) is 14.0. The lowest BCUT2D eigenvalue weighted by Crippen LogP contribution is -2.37. The van der Waals surface area contributed by atoms with Crippen molar-refractivity contribution >= 4 is 37.3 Å².